The molecule has 0 amide bonds. The quantitative estimate of drug-likeness (QED) is 0.218. The molecule has 0 radical (unpaired) electrons. The second-order valence-corrected chi connectivity index (χ2v) is 11.5. The zero-order chi connectivity index (χ0) is 27.6. The highest BCUT2D eigenvalue weighted by molar-refractivity contribution is 7.99. The molecule has 5 aromatic carbocycles. The second kappa shape index (κ2) is 9.13. The van der Waals surface area contributed by atoms with Crippen molar-refractivity contribution in [3.8, 4) is 39.5 Å². The number of hydrogen-bond acceptors (Lipinski definition) is 4. The predicted octanol–water partition coefficient (Wildman–Crippen LogP) is 9.59. The van der Waals surface area contributed by atoms with Gasteiger partial charge in [-0.2, -0.15) is 0 Å². The van der Waals surface area contributed by atoms with Crippen molar-refractivity contribution in [1.82, 2.24) is 19.5 Å². The van der Waals surface area contributed by atoms with E-state index < -0.39 is 0 Å². The van der Waals surface area contributed by atoms with E-state index in [1.807, 2.05) is 30.5 Å². The maximum atomic E-state index is 5.38. The lowest BCUT2D eigenvalue weighted by Crippen LogP contribution is -2.04. The molecule has 1 aliphatic heterocycles. The van der Waals surface area contributed by atoms with Crippen LogP contribution in [0.3, 0.4) is 0 Å². The van der Waals surface area contributed by atoms with Crippen molar-refractivity contribution >= 4 is 44.5 Å². The smallest absolute Gasteiger partial charge is 0.159 e. The molecule has 0 saturated heterocycles. The Labute approximate surface area is 246 Å². The van der Waals surface area contributed by atoms with Crippen LogP contribution >= 0.6 is 11.8 Å². The number of aromatic nitrogens is 4. The molecule has 8 aromatic rings. The van der Waals surface area contributed by atoms with E-state index in [1.54, 1.807) is 11.8 Å². The third-order valence-corrected chi connectivity index (χ3v) is 9.13. The Balaban J connectivity index is 1.43. The second-order valence-electron chi connectivity index (χ2n) is 10.5. The molecular formula is C37H22N4S. The van der Waals surface area contributed by atoms with Gasteiger partial charge in [0.1, 0.15) is 5.03 Å². The van der Waals surface area contributed by atoms with Crippen molar-refractivity contribution in [3.63, 3.8) is 0 Å². The molecule has 0 bridgehead atoms. The number of rotatable bonds is 3. The van der Waals surface area contributed by atoms with Crippen LogP contribution in [0.5, 0.6) is 0 Å². The van der Waals surface area contributed by atoms with Crippen LogP contribution in [0.15, 0.2) is 144 Å². The molecule has 4 nitrogen and oxygen atoms in total. The van der Waals surface area contributed by atoms with Crippen molar-refractivity contribution in [2.24, 2.45) is 0 Å². The molecule has 9 rings (SSSR count). The summed E-state index contributed by atoms with van der Waals surface area (Å²) in [6, 6.07) is 44.3. The van der Waals surface area contributed by atoms with Gasteiger partial charge in [0.15, 0.2) is 5.82 Å². The average molecular weight is 555 g/mol. The van der Waals surface area contributed by atoms with Gasteiger partial charge in [-0.1, -0.05) is 127 Å². The van der Waals surface area contributed by atoms with E-state index in [9.17, 15) is 0 Å². The normalized spacial score (nSPS) is 12.2. The van der Waals surface area contributed by atoms with Gasteiger partial charge in [-0.3, -0.25) is 0 Å². The van der Waals surface area contributed by atoms with Gasteiger partial charge in [-0.25, -0.2) is 15.0 Å². The fourth-order valence-corrected chi connectivity index (χ4v) is 7.33. The number of hydrogen-bond donors (Lipinski definition) is 0. The highest BCUT2D eigenvalue weighted by Gasteiger charge is 2.26. The lowest BCUT2D eigenvalue weighted by Gasteiger charge is -2.20. The van der Waals surface area contributed by atoms with Crippen LogP contribution in [0, 0.1) is 0 Å². The summed E-state index contributed by atoms with van der Waals surface area (Å²) in [6.07, 6.45) is 1.98. The summed E-state index contributed by atoms with van der Waals surface area (Å²) in [5.74, 6) is 0.703. The van der Waals surface area contributed by atoms with E-state index in [0.717, 1.165) is 49.5 Å². The van der Waals surface area contributed by atoms with Crippen LogP contribution in [-0.2, 0) is 0 Å². The molecule has 0 saturated carbocycles. The van der Waals surface area contributed by atoms with Crippen LogP contribution in [0.1, 0.15) is 0 Å². The predicted molar refractivity (Wildman–Crippen MR) is 172 cm³/mol. The zero-order valence-electron chi connectivity index (χ0n) is 22.4. The van der Waals surface area contributed by atoms with E-state index in [0.29, 0.717) is 5.82 Å². The Bertz CT molecular complexity index is 2330. The first-order chi connectivity index (χ1) is 20.8. The molecule has 1 aliphatic rings. The maximum Gasteiger partial charge on any atom is 0.159 e. The first-order valence-electron chi connectivity index (χ1n) is 14.0. The van der Waals surface area contributed by atoms with Crippen molar-refractivity contribution in [2.45, 2.75) is 9.92 Å². The van der Waals surface area contributed by atoms with Crippen molar-refractivity contribution in [1.29, 1.82) is 0 Å². The Morgan fingerprint density at radius 2 is 1.26 bits per heavy atom. The topological polar surface area (TPSA) is 43.6 Å². The fraction of sp³-hybridized carbons (Fsp3) is 0. The minimum absolute atomic E-state index is 0.703. The first kappa shape index (κ1) is 23.4. The van der Waals surface area contributed by atoms with E-state index in [2.05, 4.69) is 108 Å². The lowest BCUT2D eigenvalue weighted by molar-refractivity contribution is 1.09. The SMILES string of the molecule is c1ccc(-c2ncc(-n3c4ccccc4c4nc5c6c(cccc6c43)-c3ccccc3S5)c(-c3ccccc3)n2)cc1. The summed E-state index contributed by atoms with van der Waals surface area (Å²) in [5, 5.41) is 4.54. The molecule has 0 N–H and O–H groups in total. The fourth-order valence-electron chi connectivity index (χ4n) is 6.23. The van der Waals surface area contributed by atoms with Crippen LogP contribution in [0.2, 0.25) is 0 Å². The molecule has 0 spiro atoms. The van der Waals surface area contributed by atoms with Crippen LogP contribution in [0.25, 0.3) is 72.2 Å². The third-order valence-electron chi connectivity index (χ3n) is 8.07. The minimum atomic E-state index is 0.703. The van der Waals surface area contributed by atoms with Crippen LogP contribution in [0.4, 0.5) is 0 Å². The Hall–Kier alpha value is -5.26. The Morgan fingerprint density at radius 1 is 0.571 bits per heavy atom. The Kier molecular flexibility index (Phi) is 5.10. The number of nitrogens with zero attached hydrogens (tertiary/aromatic N) is 4. The first-order valence-corrected chi connectivity index (χ1v) is 14.8. The third kappa shape index (κ3) is 3.41. The molecular weight excluding hydrogens is 533 g/mol. The van der Waals surface area contributed by atoms with E-state index in [-0.39, 0.29) is 0 Å². The highest BCUT2D eigenvalue weighted by atomic mass is 32.2. The van der Waals surface area contributed by atoms with Crippen molar-refractivity contribution in [2.75, 3.05) is 0 Å². The van der Waals surface area contributed by atoms with Gasteiger partial charge in [0.2, 0.25) is 0 Å². The molecule has 3 aromatic heterocycles. The van der Waals surface area contributed by atoms with Gasteiger partial charge >= 0.3 is 0 Å². The molecule has 0 fully saturated rings. The van der Waals surface area contributed by atoms with Gasteiger partial charge in [-0.15, -0.1) is 0 Å². The van der Waals surface area contributed by atoms with Crippen LogP contribution < -0.4 is 0 Å². The largest absolute Gasteiger partial charge is 0.304 e. The summed E-state index contributed by atoms with van der Waals surface area (Å²) in [7, 11) is 0. The molecule has 196 valence electrons. The maximum absolute atomic E-state index is 5.38. The average Bonchev–Trinajstić information content (AvgIpc) is 3.40. The number of fused-ring (bicyclic) bond motifs is 6. The zero-order valence-corrected chi connectivity index (χ0v) is 23.2. The van der Waals surface area contributed by atoms with E-state index in [4.69, 9.17) is 15.0 Å². The van der Waals surface area contributed by atoms with Crippen molar-refractivity contribution < 1.29 is 0 Å². The van der Waals surface area contributed by atoms with E-state index >= 15 is 0 Å². The molecule has 4 heterocycles. The Morgan fingerprint density at radius 3 is 2.12 bits per heavy atom. The summed E-state index contributed by atoms with van der Waals surface area (Å²) >= 11 is 1.76. The summed E-state index contributed by atoms with van der Waals surface area (Å²) in [5.41, 5.74) is 9.46. The molecule has 0 atom stereocenters. The number of pyridine rings is 1. The lowest BCUT2D eigenvalue weighted by atomic mass is 9.98. The molecule has 5 heteroatoms. The van der Waals surface area contributed by atoms with Gasteiger partial charge in [0.25, 0.3) is 0 Å². The summed E-state index contributed by atoms with van der Waals surface area (Å²) in [6.45, 7) is 0. The molecule has 0 unspecified atom stereocenters. The summed E-state index contributed by atoms with van der Waals surface area (Å²) in [4.78, 5) is 16.7. The standard InChI is InChI=1S/C37H22N4S/c1-3-12-23(13-4-1)33-30(22-38-36(39-33)24-14-5-2-6-15-24)41-29-20-9-7-17-27(29)34-35(41)28-19-11-18-26-25-16-8-10-21-31(25)42-37(40-34)32(26)28/h1-22H. The number of para-hydroxylation sites is 1. The molecule has 0 aliphatic carbocycles. The molecule has 42 heavy (non-hydrogen) atoms. The van der Waals surface area contributed by atoms with Gasteiger partial charge < -0.3 is 4.57 Å². The van der Waals surface area contributed by atoms with Crippen molar-refractivity contribution in [3.05, 3.63) is 134 Å². The minimum Gasteiger partial charge on any atom is -0.304 e. The highest BCUT2D eigenvalue weighted by Crippen LogP contribution is 2.50. The summed E-state index contributed by atoms with van der Waals surface area (Å²) < 4.78 is 2.32. The van der Waals surface area contributed by atoms with Crippen LogP contribution in [-0.4, -0.2) is 19.5 Å². The number of benzene rings is 5. The van der Waals surface area contributed by atoms with Gasteiger partial charge in [-0.05, 0) is 23.3 Å². The van der Waals surface area contributed by atoms with Gasteiger partial charge in [0.05, 0.1) is 34.1 Å². The monoisotopic (exact) mass is 554 g/mol. The van der Waals surface area contributed by atoms with Gasteiger partial charge in [0, 0.05) is 32.2 Å². The van der Waals surface area contributed by atoms with E-state index in [1.165, 1.54) is 26.8 Å².